The topological polar surface area (TPSA) is 75.7 Å². The SMILES string of the molecule is C=CC1=CCOC(C=C)=C(/C=C\CNC(O)C2C=C3OCOC3=CC2)N1CCN(C)CCOCC. The molecule has 0 saturated carbocycles. The molecular weight excluding hydrogens is 446 g/mol. The van der Waals surface area contributed by atoms with E-state index in [-0.39, 0.29) is 12.7 Å². The van der Waals surface area contributed by atoms with Gasteiger partial charge >= 0.3 is 0 Å². The van der Waals surface area contributed by atoms with Crippen molar-refractivity contribution in [2.45, 2.75) is 19.6 Å². The van der Waals surface area contributed by atoms with Crippen LogP contribution in [0.2, 0.25) is 0 Å². The van der Waals surface area contributed by atoms with Gasteiger partial charge in [-0.25, -0.2) is 0 Å². The van der Waals surface area contributed by atoms with E-state index in [1.54, 1.807) is 6.08 Å². The van der Waals surface area contributed by atoms with E-state index in [9.17, 15) is 5.11 Å². The lowest BCUT2D eigenvalue weighted by Gasteiger charge is -2.29. The second-order valence-electron chi connectivity index (χ2n) is 8.41. The minimum atomic E-state index is -0.703. The molecule has 0 radical (unpaired) electrons. The standard InChI is InChI=1S/C27H39N3O5/c1-5-22-12-17-33-24(6-2)23(30(22)15-14-29(4)16-18-32-7-3)9-8-13-28-27(31)21-10-11-25-26(19-21)35-20-34-25/h5-6,8-9,11-12,19,21,27-28,31H,1-2,7,10,13-18,20H2,3-4H3/b9-8-. The number of rotatable bonds is 14. The van der Waals surface area contributed by atoms with Crippen LogP contribution in [0.4, 0.5) is 0 Å². The number of hydrogen-bond donors (Lipinski definition) is 2. The molecule has 2 aliphatic heterocycles. The molecule has 2 heterocycles. The minimum Gasteiger partial charge on any atom is -0.487 e. The summed E-state index contributed by atoms with van der Waals surface area (Å²) in [6.45, 7) is 15.0. The van der Waals surface area contributed by atoms with Crippen LogP contribution in [0.3, 0.4) is 0 Å². The molecule has 35 heavy (non-hydrogen) atoms. The predicted molar refractivity (Wildman–Crippen MR) is 137 cm³/mol. The largest absolute Gasteiger partial charge is 0.487 e. The van der Waals surface area contributed by atoms with E-state index in [2.05, 4.69) is 35.3 Å². The highest BCUT2D eigenvalue weighted by Crippen LogP contribution is 2.30. The second-order valence-corrected chi connectivity index (χ2v) is 8.41. The predicted octanol–water partition coefficient (Wildman–Crippen LogP) is 3.01. The number of fused-ring (bicyclic) bond motifs is 1. The van der Waals surface area contributed by atoms with Crippen LogP contribution in [0.1, 0.15) is 13.3 Å². The van der Waals surface area contributed by atoms with Crippen molar-refractivity contribution in [3.05, 3.63) is 84.4 Å². The summed E-state index contributed by atoms with van der Waals surface area (Å²) in [6.07, 6.45) is 13.5. The minimum absolute atomic E-state index is 0.0768. The normalized spacial score (nSPS) is 20.9. The van der Waals surface area contributed by atoms with Gasteiger partial charge in [0.15, 0.2) is 11.5 Å². The Bertz CT molecular complexity index is 889. The van der Waals surface area contributed by atoms with E-state index in [1.165, 1.54) is 0 Å². The average Bonchev–Trinajstić information content (AvgIpc) is 3.27. The first-order valence-corrected chi connectivity index (χ1v) is 12.2. The summed E-state index contributed by atoms with van der Waals surface area (Å²) < 4.78 is 22.2. The molecule has 192 valence electrons. The fraction of sp³-hybridized carbons (Fsp3) is 0.481. The number of nitrogens with one attached hydrogen (secondary N) is 1. The highest BCUT2D eigenvalue weighted by atomic mass is 16.7. The Balaban J connectivity index is 1.62. The van der Waals surface area contributed by atoms with E-state index in [0.29, 0.717) is 37.7 Å². The lowest BCUT2D eigenvalue weighted by Crippen LogP contribution is -2.36. The van der Waals surface area contributed by atoms with Crippen molar-refractivity contribution in [3.8, 4) is 0 Å². The summed E-state index contributed by atoms with van der Waals surface area (Å²) >= 11 is 0. The Morgan fingerprint density at radius 2 is 2.06 bits per heavy atom. The Labute approximate surface area is 209 Å². The van der Waals surface area contributed by atoms with Gasteiger partial charge in [-0.1, -0.05) is 19.2 Å². The molecule has 0 aromatic rings. The smallest absolute Gasteiger partial charge is 0.231 e. The first kappa shape index (κ1) is 26.8. The van der Waals surface area contributed by atoms with Crippen LogP contribution in [0.5, 0.6) is 0 Å². The maximum absolute atomic E-state index is 10.6. The van der Waals surface area contributed by atoms with Crippen LogP contribution in [0.15, 0.2) is 84.4 Å². The summed E-state index contributed by atoms with van der Waals surface area (Å²) in [5.41, 5.74) is 1.89. The number of hydrogen-bond acceptors (Lipinski definition) is 8. The molecule has 0 aromatic carbocycles. The summed E-state index contributed by atoms with van der Waals surface area (Å²) in [6, 6.07) is 0. The van der Waals surface area contributed by atoms with Crippen molar-refractivity contribution in [1.82, 2.24) is 15.1 Å². The number of allylic oxidation sites excluding steroid dienone is 4. The van der Waals surface area contributed by atoms with E-state index in [4.69, 9.17) is 18.9 Å². The lowest BCUT2D eigenvalue weighted by molar-refractivity contribution is 0.0924. The molecule has 8 nitrogen and oxygen atoms in total. The van der Waals surface area contributed by atoms with Gasteiger partial charge in [-0.05, 0) is 56.8 Å². The number of nitrogens with zero attached hydrogens (tertiary/aromatic N) is 2. The number of ether oxygens (including phenoxy) is 4. The van der Waals surface area contributed by atoms with Crippen LogP contribution in [-0.4, -0.2) is 81.0 Å². The highest BCUT2D eigenvalue weighted by molar-refractivity contribution is 5.35. The third kappa shape index (κ3) is 7.60. The molecule has 0 aromatic heterocycles. The molecule has 8 heteroatoms. The van der Waals surface area contributed by atoms with Crippen LogP contribution < -0.4 is 5.32 Å². The molecule has 0 amide bonds. The Hall–Kier alpha value is -2.78. The summed E-state index contributed by atoms with van der Waals surface area (Å²) in [5.74, 6) is 2.10. The van der Waals surface area contributed by atoms with Gasteiger partial charge in [0.2, 0.25) is 6.79 Å². The molecule has 1 fully saturated rings. The third-order valence-electron chi connectivity index (χ3n) is 6.05. The van der Waals surface area contributed by atoms with Gasteiger partial charge in [0, 0.05) is 44.4 Å². The monoisotopic (exact) mass is 485 g/mol. The van der Waals surface area contributed by atoms with Gasteiger partial charge in [-0.3, -0.25) is 5.32 Å². The molecule has 0 spiro atoms. The molecule has 3 aliphatic rings. The van der Waals surface area contributed by atoms with Crippen LogP contribution >= 0.6 is 0 Å². The fourth-order valence-electron chi connectivity index (χ4n) is 4.02. The Kier molecular flexibility index (Phi) is 10.7. The Morgan fingerprint density at radius 3 is 2.83 bits per heavy atom. The van der Waals surface area contributed by atoms with Gasteiger partial charge in [0.1, 0.15) is 18.6 Å². The van der Waals surface area contributed by atoms with E-state index in [0.717, 1.165) is 43.4 Å². The second kappa shape index (κ2) is 13.9. The lowest BCUT2D eigenvalue weighted by atomic mass is 9.97. The zero-order chi connectivity index (χ0) is 25.0. The summed E-state index contributed by atoms with van der Waals surface area (Å²) in [7, 11) is 2.09. The molecule has 3 rings (SSSR count). The van der Waals surface area contributed by atoms with Crippen LogP contribution in [0, 0.1) is 5.92 Å². The van der Waals surface area contributed by atoms with E-state index >= 15 is 0 Å². The summed E-state index contributed by atoms with van der Waals surface area (Å²) in [5, 5.41) is 13.8. The maximum atomic E-state index is 10.6. The van der Waals surface area contributed by atoms with Crippen molar-refractivity contribution in [1.29, 1.82) is 0 Å². The number of aliphatic hydroxyl groups excluding tert-OH is 1. The van der Waals surface area contributed by atoms with E-state index in [1.807, 2.05) is 43.4 Å². The third-order valence-corrected chi connectivity index (χ3v) is 6.05. The highest BCUT2D eigenvalue weighted by Gasteiger charge is 2.26. The van der Waals surface area contributed by atoms with Crippen molar-refractivity contribution < 1.29 is 24.1 Å². The molecular formula is C27H39N3O5. The fourth-order valence-corrected chi connectivity index (χ4v) is 4.02. The molecule has 2 N–H and O–H groups in total. The van der Waals surface area contributed by atoms with Crippen LogP contribution in [0.25, 0.3) is 0 Å². The van der Waals surface area contributed by atoms with Gasteiger partial charge in [0.05, 0.1) is 12.3 Å². The van der Waals surface area contributed by atoms with Crippen molar-refractivity contribution in [3.63, 3.8) is 0 Å². The first-order chi connectivity index (χ1) is 17.1. The first-order valence-electron chi connectivity index (χ1n) is 12.2. The van der Waals surface area contributed by atoms with Gasteiger partial charge in [-0.2, -0.15) is 0 Å². The van der Waals surface area contributed by atoms with Gasteiger partial charge < -0.3 is 33.9 Å². The van der Waals surface area contributed by atoms with Gasteiger partial charge in [-0.15, -0.1) is 0 Å². The molecule has 2 unspecified atom stereocenters. The maximum Gasteiger partial charge on any atom is 0.231 e. The average molecular weight is 486 g/mol. The molecule has 2 atom stereocenters. The summed E-state index contributed by atoms with van der Waals surface area (Å²) in [4.78, 5) is 4.43. The van der Waals surface area contributed by atoms with Gasteiger partial charge in [0.25, 0.3) is 0 Å². The van der Waals surface area contributed by atoms with Crippen LogP contribution in [-0.2, 0) is 18.9 Å². The molecule has 1 aliphatic carbocycles. The number of likely N-dealkylation sites (N-methyl/N-ethyl adjacent to an activating group) is 1. The van der Waals surface area contributed by atoms with Crippen molar-refractivity contribution in [2.24, 2.45) is 5.92 Å². The Morgan fingerprint density at radius 1 is 1.23 bits per heavy atom. The molecule has 1 saturated heterocycles. The quantitative estimate of drug-likeness (QED) is 0.287. The molecule has 0 bridgehead atoms. The zero-order valence-corrected chi connectivity index (χ0v) is 20.9. The van der Waals surface area contributed by atoms with Crippen molar-refractivity contribution >= 4 is 0 Å². The zero-order valence-electron chi connectivity index (χ0n) is 20.9. The van der Waals surface area contributed by atoms with E-state index < -0.39 is 6.23 Å². The van der Waals surface area contributed by atoms with Crippen molar-refractivity contribution in [2.75, 3.05) is 59.8 Å². The number of aliphatic hydroxyl groups is 1.